The van der Waals surface area contributed by atoms with E-state index in [1.807, 2.05) is 36.4 Å². The van der Waals surface area contributed by atoms with Gasteiger partial charge >= 0.3 is 5.97 Å². The van der Waals surface area contributed by atoms with Crippen LogP contribution in [0.4, 0.5) is 0 Å². The van der Waals surface area contributed by atoms with Crippen LogP contribution in [0.15, 0.2) is 60.8 Å². The Morgan fingerprint density at radius 1 is 1.03 bits per heavy atom. The molecule has 6 heteroatoms. The monoisotopic (exact) mass is 476 g/mol. The van der Waals surface area contributed by atoms with Gasteiger partial charge in [0.2, 0.25) is 5.91 Å². The molecule has 1 aromatic heterocycles. The molecule has 0 unspecified atom stereocenters. The Hall–Kier alpha value is -3.28. The largest absolute Gasteiger partial charge is 0.492 e. The van der Waals surface area contributed by atoms with Crippen molar-refractivity contribution in [3.63, 3.8) is 0 Å². The molecule has 6 nitrogen and oxygen atoms in total. The highest BCUT2D eigenvalue weighted by Gasteiger charge is 2.30. The zero-order valence-electron chi connectivity index (χ0n) is 20.7. The van der Waals surface area contributed by atoms with E-state index in [4.69, 9.17) is 4.74 Å². The van der Waals surface area contributed by atoms with E-state index >= 15 is 0 Å². The number of benzene rings is 2. The molecule has 186 valence electrons. The second-order valence-corrected chi connectivity index (χ2v) is 10.0. The number of hydrogen-bond acceptors (Lipinski definition) is 3. The van der Waals surface area contributed by atoms with Crippen molar-refractivity contribution < 1.29 is 19.4 Å². The quantitative estimate of drug-likeness (QED) is 0.416. The highest BCUT2D eigenvalue weighted by Crippen LogP contribution is 2.33. The summed E-state index contributed by atoms with van der Waals surface area (Å²) in [6, 6.07) is 16.9. The first-order valence-electron chi connectivity index (χ1n) is 12.7. The number of aromatic nitrogens is 1. The standard InChI is InChI=1S/C29H36N2O4/c1-20(2)22-9-11-24(12-10-22)28(32)30-26(29(33)34)19-21-7-13-25(14-8-21)35-18-17-31-16-15-23-5-3-4-6-27(23)31/h3-8,13-16,20,22,24,26H,9-12,17-19H2,1-2H3,(H,30,32)(H,33,34)/t22-,24-,26-/m0/s1. The lowest BCUT2D eigenvalue weighted by Gasteiger charge is -2.30. The number of nitrogens with one attached hydrogen (secondary N) is 1. The molecule has 1 atom stereocenters. The summed E-state index contributed by atoms with van der Waals surface area (Å²) in [5.41, 5.74) is 2.03. The molecule has 1 aliphatic carbocycles. The van der Waals surface area contributed by atoms with Gasteiger partial charge in [0.25, 0.3) is 0 Å². The third-order valence-corrected chi connectivity index (χ3v) is 7.34. The summed E-state index contributed by atoms with van der Waals surface area (Å²) in [6.45, 7) is 5.73. The van der Waals surface area contributed by atoms with Crippen molar-refractivity contribution >= 4 is 22.8 Å². The van der Waals surface area contributed by atoms with E-state index in [1.165, 1.54) is 10.9 Å². The average molecular weight is 477 g/mol. The minimum absolute atomic E-state index is 0.0833. The molecule has 2 aromatic carbocycles. The molecule has 1 aliphatic rings. The molecule has 2 N–H and O–H groups in total. The lowest BCUT2D eigenvalue weighted by molar-refractivity contribution is -0.142. The Balaban J connectivity index is 1.26. The molecule has 0 bridgehead atoms. The van der Waals surface area contributed by atoms with E-state index in [0.29, 0.717) is 18.4 Å². The molecule has 1 fully saturated rings. The third kappa shape index (κ3) is 6.44. The zero-order valence-corrected chi connectivity index (χ0v) is 20.7. The van der Waals surface area contributed by atoms with Crippen molar-refractivity contribution in [1.82, 2.24) is 9.88 Å². The van der Waals surface area contributed by atoms with Gasteiger partial charge in [-0.3, -0.25) is 4.79 Å². The van der Waals surface area contributed by atoms with Crippen LogP contribution >= 0.6 is 0 Å². The Bertz CT molecular complexity index is 1130. The van der Waals surface area contributed by atoms with Gasteiger partial charge in [-0.15, -0.1) is 0 Å². The van der Waals surface area contributed by atoms with Crippen molar-refractivity contribution in [2.24, 2.45) is 17.8 Å². The number of fused-ring (bicyclic) bond motifs is 1. The number of rotatable bonds is 10. The summed E-state index contributed by atoms with van der Waals surface area (Å²) < 4.78 is 8.06. The number of carbonyl (C=O) groups is 2. The van der Waals surface area contributed by atoms with Gasteiger partial charge in [-0.05, 0) is 72.7 Å². The first kappa shape index (κ1) is 24.8. The zero-order chi connectivity index (χ0) is 24.8. The van der Waals surface area contributed by atoms with Crippen LogP contribution in [0.2, 0.25) is 0 Å². The first-order valence-corrected chi connectivity index (χ1v) is 12.7. The molecule has 3 aromatic rings. The van der Waals surface area contributed by atoms with Gasteiger partial charge in [-0.1, -0.05) is 44.2 Å². The Morgan fingerprint density at radius 2 is 1.74 bits per heavy atom. The van der Waals surface area contributed by atoms with Crippen LogP contribution in [-0.2, 0) is 22.6 Å². The van der Waals surface area contributed by atoms with Crippen molar-refractivity contribution in [3.8, 4) is 5.75 Å². The number of amides is 1. The number of ether oxygens (including phenoxy) is 1. The number of aliphatic carboxylic acids is 1. The maximum atomic E-state index is 12.7. The highest BCUT2D eigenvalue weighted by atomic mass is 16.5. The van der Waals surface area contributed by atoms with E-state index in [9.17, 15) is 14.7 Å². The smallest absolute Gasteiger partial charge is 0.326 e. The Kier molecular flexibility index (Phi) is 8.11. The van der Waals surface area contributed by atoms with Crippen molar-refractivity contribution in [1.29, 1.82) is 0 Å². The molecule has 35 heavy (non-hydrogen) atoms. The molecule has 0 saturated heterocycles. The van der Waals surface area contributed by atoms with E-state index in [-0.39, 0.29) is 18.2 Å². The predicted octanol–water partition coefficient (Wildman–Crippen LogP) is 5.29. The normalized spacial score (nSPS) is 18.9. The van der Waals surface area contributed by atoms with Crippen LogP contribution < -0.4 is 10.1 Å². The van der Waals surface area contributed by atoms with Gasteiger partial charge in [0.05, 0.1) is 6.54 Å². The molecule has 0 aliphatic heterocycles. The molecular formula is C29H36N2O4. The fourth-order valence-electron chi connectivity index (χ4n) is 5.09. The van der Waals surface area contributed by atoms with Crippen LogP contribution in [0.25, 0.3) is 10.9 Å². The summed E-state index contributed by atoms with van der Waals surface area (Å²) in [7, 11) is 0. The summed E-state index contributed by atoms with van der Waals surface area (Å²) in [6.07, 6.45) is 6.06. The second kappa shape index (κ2) is 11.4. The number of hydrogen-bond donors (Lipinski definition) is 2. The highest BCUT2D eigenvalue weighted by molar-refractivity contribution is 5.85. The first-order chi connectivity index (χ1) is 16.9. The SMILES string of the molecule is CC(C)[C@H]1CC[C@H](C(=O)N[C@@H](Cc2ccc(OCCn3ccc4ccccc43)cc2)C(=O)O)CC1. The number of carbonyl (C=O) groups excluding carboxylic acids is 1. The van der Waals surface area contributed by atoms with Gasteiger partial charge < -0.3 is 19.7 Å². The summed E-state index contributed by atoms with van der Waals surface area (Å²) in [4.78, 5) is 24.6. The fourth-order valence-corrected chi connectivity index (χ4v) is 5.09. The van der Waals surface area contributed by atoms with Crippen molar-refractivity contribution in [3.05, 3.63) is 66.4 Å². The lowest BCUT2D eigenvalue weighted by atomic mass is 9.76. The van der Waals surface area contributed by atoms with Crippen LogP contribution in [0.5, 0.6) is 5.75 Å². The molecule has 1 saturated carbocycles. The fraction of sp³-hybridized carbons (Fsp3) is 0.448. The van der Waals surface area contributed by atoms with Gasteiger partial charge in [0.1, 0.15) is 18.4 Å². The number of para-hydroxylation sites is 1. The average Bonchev–Trinajstić information content (AvgIpc) is 3.27. The van der Waals surface area contributed by atoms with E-state index < -0.39 is 12.0 Å². The van der Waals surface area contributed by atoms with Crippen molar-refractivity contribution in [2.45, 2.75) is 58.5 Å². The molecule has 1 amide bonds. The summed E-state index contributed by atoms with van der Waals surface area (Å²) in [5, 5.41) is 13.7. The minimum atomic E-state index is -1.01. The van der Waals surface area contributed by atoms with Crippen LogP contribution in [0.1, 0.15) is 45.1 Å². The predicted molar refractivity (Wildman–Crippen MR) is 137 cm³/mol. The lowest BCUT2D eigenvalue weighted by Crippen LogP contribution is -2.45. The number of carboxylic acid groups (broad SMARTS) is 1. The van der Waals surface area contributed by atoms with E-state index in [0.717, 1.165) is 43.5 Å². The number of carboxylic acids is 1. The van der Waals surface area contributed by atoms with Crippen LogP contribution in [-0.4, -0.2) is 34.2 Å². The molecule has 0 spiro atoms. The summed E-state index contributed by atoms with van der Waals surface area (Å²) in [5.74, 6) is 0.817. The molecule has 4 rings (SSSR count). The van der Waals surface area contributed by atoms with Gasteiger partial charge in [0, 0.05) is 24.1 Å². The van der Waals surface area contributed by atoms with E-state index in [1.54, 1.807) is 0 Å². The van der Waals surface area contributed by atoms with Crippen molar-refractivity contribution in [2.75, 3.05) is 6.61 Å². The topological polar surface area (TPSA) is 80.6 Å². The van der Waals surface area contributed by atoms with Crippen LogP contribution in [0, 0.1) is 17.8 Å². The molecular weight excluding hydrogens is 440 g/mol. The van der Waals surface area contributed by atoms with E-state index in [2.05, 4.69) is 48.1 Å². The third-order valence-electron chi connectivity index (χ3n) is 7.34. The number of nitrogens with zero attached hydrogens (tertiary/aromatic N) is 1. The Labute approximate surface area is 207 Å². The minimum Gasteiger partial charge on any atom is -0.492 e. The summed E-state index contributed by atoms with van der Waals surface area (Å²) >= 11 is 0. The van der Waals surface area contributed by atoms with Gasteiger partial charge in [-0.25, -0.2) is 4.79 Å². The molecule has 1 heterocycles. The maximum Gasteiger partial charge on any atom is 0.326 e. The van der Waals surface area contributed by atoms with Gasteiger partial charge in [0.15, 0.2) is 0 Å². The van der Waals surface area contributed by atoms with Crippen LogP contribution in [0.3, 0.4) is 0 Å². The van der Waals surface area contributed by atoms with Gasteiger partial charge in [-0.2, -0.15) is 0 Å². The maximum absolute atomic E-state index is 12.7. The Morgan fingerprint density at radius 3 is 2.43 bits per heavy atom. The second-order valence-electron chi connectivity index (χ2n) is 10.0. The molecule has 0 radical (unpaired) electrons.